The first kappa shape index (κ1) is 8.44. The zero-order chi connectivity index (χ0) is 9.54. The van der Waals surface area contributed by atoms with Gasteiger partial charge in [-0.1, -0.05) is 0 Å². The first-order valence-corrected chi connectivity index (χ1v) is 5.48. The van der Waals surface area contributed by atoms with Gasteiger partial charge in [0.1, 0.15) is 0 Å². The van der Waals surface area contributed by atoms with E-state index in [1.54, 1.807) is 0 Å². The number of nitrogens with zero attached hydrogens (tertiary/aromatic N) is 2. The summed E-state index contributed by atoms with van der Waals surface area (Å²) in [6.45, 7) is 2.11. The summed E-state index contributed by atoms with van der Waals surface area (Å²) in [6, 6.07) is 4.03. The van der Waals surface area contributed by atoms with Crippen molar-refractivity contribution in [2.24, 2.45) is 0 Å². The summed E-state index contributed by atoms with van der Waals surface area (Å²) in [5.74, 6) is 0.599. The Morgan fingerprint density at radius 3 is 3.00 bits per heavy atom. The predicted molar refractivity (Wildman–Crippen MR) is 58.5 cm³/mol. The van der Waals surface area contributed by atoms with E-state index in [1.807, 2.05) is 18.3 Å². The summed E-state index contributed by atoms with van der Waals surface area (Å²) in [5, 5.41) is 3.26. The standard InChI is InChI=1S/C10H10BrN3/c11-8-2-1-3-14-6-9(13-10(8)14)7-4-12-5-7/h1-3,6-7,12H,4-5H2. The maximum atomic E-state index is 4.61. The molecule has 0 amide bonds. The lowest BCUT2D eigenvalue weighted by Crippen LogP contribution is -2.40. The van der Waals surface area contributed by atoms with Gasteiger partial charge in [-0.15, -0.1) is 0 Å². The highest BCUT2D eigenvalue weighted by molar-refractivity contribution is 9.10. The molecule has 72 valence electrons. The number of halogens is 1. The Hall–Kier alpha value is -0.870. The summed E-state index contributed by atoms with van der Waals surface area (Å²) in [4.78, 5) is 4.61. The van der Waals surface area contributed by atoms with Crippen LogP contribution in [0.4, 0.5) is 0 Å². The normalized spacial score (nSPS) is 17.2. The molecule has 0 bridgehead atoms. The quantitative estimate of drug-likeness (QED) is 0.838. The van der Waals surface area contributed by atoms with Gasteiger partial charge in [0.15, 0.2) is 5.65 Å². The van der Waals surface area contributed by atoms with Crippen molar-refractivity contribution in [1.82, 2.24) is 14.7 Å². The molecule has 1 aliphatic rings. The van der Waals surface area contributed by atoms with Crippen LogP contribution in [0.25, 0.3) is 5.65 Å². The summed E-state index contributed by atoms with van der Waals surface area (Å²) in [7, 11) is 0. The first-order valence-electron chi connectivity index (χ1n) is 4.68. The molecule has 3 rings (SSSR count). The molecule has 14 heavy (non-hydrogen) atoms. The van der Waals surface area contributed by atoms with Gasteiger partial charge in [-0.25, -0.2) is 4.98 Å². The molecular weight excluding hydrogens is 242 g/mol. The van der Waals surface area contributed by atoms with Gasteiger partial charge in [-0.2, -0.15) is 0 Å². The van der Waals surface area contributed by atoms with Crippen molar-refractivity contribution in [3.63, 3.8) is 0 Å². The number of rotatable bonds is 1. The van der Waals surface area contributed by atoms with Gasteiger partial charge in [0, 0.05) is 31.4 Å². The third-order valence-corrected chi connectivity index (χ3v) is 3.27. The molecule has 1 aliphatic heterocycles. The molecule has 3 heterocycles. The van der Waals surface area contributed by atoms with Gasteiger partial charge in [0.05, 0.1) is 10.2 Å². The van der Waals surface area contributed by atoms with Gasteiger partial charge in [0.25, 0.3) is 0 Å². The number of aromatic nitrogens is 2. The molecule has 1 fully saturated rings. The molecule has 1 N–H and O–H groups in total. The lowest BCUT2D eigenvalue weighted by molar-refractivity contribution is 0.441. The number of hydrogen-bond donors (Lipinski definition) is 1. The Morgan fingerprint density at radius 2 is 2.36 bits per heavy atom. The molecule has 0 unspecified atom stereocenters. The summed E-state index contributed by atoms with van der Waals surface area (Å²) >= 11 is 3.50. The maximum absolute atomic E-state index is 4.61. The summed E-state index contributed by atoms with van der Waals surface area (Å²) in [5.41, 5.74) is 2.20. The molecule has 0 saturated carbocycles. The van der Waals surface area contributed by atoms with Crippen LogP contribution < -0.4 is 5.32 Å². The topological polar surface area (TPSA) is 29.3 Å². The SMILES string of the molecule is Brc1cccn2cc(C3CNC3)nc12. The van der Waals surface area contributed by atoms with Crippen molar-refractivity contribution in [3.05, 3.63) is 34.7 Å². The monoisotopic (exact) mass is 251 g/mol. The Bertz CT molecular complexity index is 473. The lowest BCUT2D eigenvalue weighted by atomic mass is 10.0. The molecule has 2 aromatic heterocycles. The number of fused-ring (bicyclic) bond motifs is 1. The van der Waals surface area contributed by atoms with Crippen LogP contribution in [0, 0.1) is 0 Å². The number of pyridine rings is 1. The summed E-state index contributed by atoms with van der Waals surface area (Å²) in [6.07, 6.45) is 4.15. The van der Waals surface area contributed by atoms with Crippen LogP contribution in [0.1, 0.15) is 11.6 Å². The Morgan fingerprint density at radius 1 is 1.50 bits per heavy atom. The lowest BCUT2D eigenvalue weighted by Gasteiger charge is -2.24. The molecule has 3 nitrogen and oxygen atoms in total. The van der Waals surface area contributed by atoms with Gasteiger partial charge in [-0.3, -0.25) is 0 Å². The van der Waals surface area contributed by atoms with Gasteiger partial charge in [0.2, 0.25) is 0 Å². The second kappa shape index (κ2) is 3.07. The molecule has 0 aromatic carbocycles. The fourth-order valence-corrected chi connectivity index (χ4v) is 2.14. The molecule has 0 aliphatic carbocycles. The van der Waals surface area contributed by atoms with Crippen LogP contribution in [0.15, 0.2) is 29.0 Å². The Balaban J connectivity index is 2.15. The highest BCUT2D eigenvalue weighted by Gasteiger charge is 2.21. The predicted octanol–water partition coefficient (Wildman–Crippen LogP) is 1.78. The average Bonchev–Trinajstić information content (AvgIpc) is 2.46. The zero-order valence-electron chi connectivity index (χ0n) is 7.57. The van der Waals surface area contributed by atoms with E-state index < -0.39 is 0 Å². The van der Waals surface area contributed by atoms with Gasteiger partial charge < -0.3 is 9.72 Å². The van der Waals surface area contributed by atoms with Gasteiger partial charge >= 0.3 is 0 Å². The Kier molecular flexibility index (Phi) is 1.85. The molecule has 0 radical (unpaired) electrons. The van der Waals surface area contributed by atoms with Crippen LogP contribution in [-0.2, 0) is 0 Å². The number of hydrogen-bond acceptors (Lipinski definition) is 2. The van der Waals surface area contributed by atoms with E-state index in [-0.39, 0.29) is 0 Å². The minimum absolute atomic E-state index is 0.599. The molecule has 1 saturated heterocycles. The highest BCUT2D eigenvalue weighted by atomic mass is 79.9. The van der Waals surface area contributed by atoms with Crippen molar-refractivity contribution < 1.29 is 0 Å². The third kappa shape index (κ3) is 1.18. The molecule has 0 spiro atoms. The fraction of sp³-hybridized carbons (Fsp3) is 0.300. The molecular formula is C10H10BrN3. The van der Waals surface area contributed by atoms with Crippen LogP contribution in [0.5, 0.6) is 0 Å². The highest BCUT2D eigenvalue weighted by Crippen LogP contribution is 2.22. The molecule has 2 aromatic rings. The van der Waals surface area contributed by atoms with Crippen molar-refractivity contribution in [1.29, 1.82) is 0 Å². The van der Waals surface area contributed by atoms with Crippen molar-refractivity contribution in [3.8, 4) is 0 Å². The van der Waals surface area contributed by atoms with E-state index >= 15 is 0 Å². The molecule has 0 atom stereocenters. The zero-order valence-corrected chi connectivity index (χ0v) is 9.16. The van der Waals surface area contributed by atoms with E-state index in [2.05, 4.69) is 36.8 Å². The smallest absolute Gasteiger partial charge is 0.151 e. The first-order chi connectivity index (χ1) is 6.84. The van der Waals surface area contributed by atoms with Gasteiger partial charge in [-0.05, 0) is 28.1 Å². The van der Waals surface area contributed by atoms with E-state index in [9.17, 15) is 0 Å². The fourth-order valence-electron chi connectivity index (χ4n) is 1.69. The van der Waals surface area contributed by atoms with Crippen molar-refractivity contribution in [2.75, 3.05) is 13.1 Å². The van der Waals surface area contributed by atoms with Crippen LogP contribution in [0.2, 0.25) is 0 Å². The van der Waals surface area contributed by atoms with Crippen LogP contribution in [-0.4, -0.2) is 22.5 Å². The third-order valence-electron chi connectivity index (χ3n) is 2.65. The average molecular weight is 252 g/mol. The minimum atomic E-state index is 0.599. The van der Waals surface area contributed by atoms with Crippen LogP contribution >= 0.6 is 15.9 Å². The van der Waals surface area contributed by atoms with E-state index in [4.69, 9.17) is 0 Å². The molecule has 4 heteroatoms. The largest absolute Gasteiger partial charge is 0.315 e. The van der Waals surface area contributed by atoms with E-state index in [0.29, 0.717) is 5.92 Å². The minimum Gasteiger partial charge on any atom is -0.315 e. The second-order valence-electron chi connectivity index (χ2n) is 3.61. The Labute approximate surface area is 90.3 Å². The number of nitrogens with one attached hydrogen (secondary N) is 1. The second-order valence-corrected chi connectivity index (χ2v) is 4.46. The van der Waals surface area contributed by atoms with Crippen LogP contribution in [0.3, 0.4) is 0 Å². The van der Waals surface area contributed by atoms with E-state index in [0.717, 1.165) is 23.2 Å². The van der Waals surface area contributed by atoms with Crippen molar-refractivity contribution >= 4 is 21.6 Å². The number of imidazole rings is 1. The van der Waals surface area contributed by atoms with Crippen molar-refractivity contribution in [2.45, 2.75) is 5.92 Å². The maximum Gasteiger partial charge on any atom is 0.151 e. The summed E-state index contributed by atoms with van der Waals surface area (Å²) < 4.78 is 3.12. The van der Waals surface area contributed by atoms with E-state index in [1.165, 1.54) is 5.69 Å².